The van der Waals surface area contributed by atoms with Crippen molar-refractivity contribution in [1.82, 2.24) is 4.72 Å². The lowest BCUT2D eigenvalue weighted by Crippen LogP contribution is -2.38. The van der Waals surface area contributed by atoms with E-state index in [9.17, 15) is 13.2 Å². The number of nitrogens with one attached hydrogen (secondary N) is 1. The molecule has 0 aliphatic carbocycles. The zero-order valence-electron chi connectivity index (χ0n) is 12.3. The molecular weight excluding hydrogens is 286 g/mol. The molecule has 1 N–H and O–H groups in total. The molecule has 7 nitrogen and oxygen atoms in total. The first-order chi connectivity index (χ1) is 9.09. The molecule has 1 rings (SSSR count). The van der Waals surface area contributed by atoms with Crippen LogP contribution in [0.1, 0.15) is 40.5 Å². The van der Waals surface area contributed by atoms with Gasteiger partial charge in [-0.1, -0.05) is 6.92 Å². The zero-order valence-corrected chi connectivity index (χ0v) is 13.2. The van der Waals surface area contributed by atoms with Crippen LogP contribution in [0.4, 0.5) is 4.79 Å². The highest BCUT2D eigenvalue weighted by Gasteiger charge is 2.26. The molecule has 0 spiro atoms. The van der Waals surface area contributed by atoms with Crippen LogP contribution in [0.25, 0.3) is 0 Å². The summed E-state index contributed by atoms with van der Waals surface area (Å²) in [7, 11) is -4.16. The lowest BCUT2D eigenvalue weighted by Gasteiger charge is -2.20. The fraction of sp³-hybridized carbons (Fsp3) is 0.917. The molecule has 1 fully saturated rings. The molecule has 1 saturated heterocycles. The summed E-state index contributed by atoms with van der Waals surface area (Å²) in [5.74, 6) is -0.0623. The fourth-order valence-electron chi connectivity index (χ4n) is 1.79. The lowest BCUT2D eigenvalue weighted by molar-refractivity contribution is 0.0483. The van der Waals surface area contributed by atoms with E-state index in [1.54, 1.807) is 25.5 Å². The highest BCUT2D eigenvalue weighted by Crippen LogP contribution is 2.20. The average molecular weight is 309 g/mol. The van der Waals surface area contributed by atoms with Crippen molar-refractivity contribution < 1.29 is 26.9 Å². The zero-order chi connectivity index (χ0) is 15.4. The highest BCUT2D eigenvalue weighted by molar-refractivity contribution is 7.85. The van der Waals surface area contributed by atoms with Crippen molar-refractivity contribution >= 4 is 16.4 Å². The number of hydrogen-bond donors (Lipinski definition) is 1. The van der Waals surface area contributed by atoms with Gasteiger partial charge in [-0.25, -0.2) is 4.79 Å². The number of amides is 1. The van der Waals surface area contributed by atoms with Crippen LogP contribution in [-0.2, 0) is 24.0 Å². The first-order valence-electron chi connectivity index (χ1n) is 6.61. The second kappa shape index (κ2) is 6.73. The van der Waals surface area contributed by atoms with Gasteiger partial charge in [-0.3, -0.25) is 4.18 Å². The van der Waals surface area contributed by atoms with Gasteiger partial charge in [-0.2, -0.15) is 13.1 Å². The number of hydrogen-bond acceptors (Lipinski definition) is 6. The maximum atomic E-state index is 11.6. The Kier molecular flexibility index (Phi) is 5.79. The van der Waals surface area contributed by atoms with Gasteiger partial charge in [0.05, 0.1) is 12.7 Å². The van der Waals surface area contributed by atoms with Gasteiger partial charge in [-0.15, -0.1) is 0 Å². The van der Waals surface area contributed by atoms with E-state index in [2.05, 4.69) is 0 Å². The van der Waals surface area contributed by atoms with E-state index in [4.69, 9.17) is 13.7 Å². The molecule has 0 unspecified atom stereocenters. The van der Waals surface area contributed by atoms with Gasteiger partial charge in [-0.05, 0) is 33.6 Å². The molecule has 2 atom stereocenters. The van der Waals surface area contributed by atoms with Gasteiger partial charge < -0.3 is 9.47 Å². The second-order valence-corrected chi connectivity index (χ2v) is 7.22. The minimum Gasteiger partial charge on any atom is -0.443 e. The molecule has 1 heterocycles. The van der Waals surface area contributed by atoms with Crippen LogP contribution in [0, 0.1) is 5.92 Å². The molecule has 1 aliphatic rings. The highest BCUT2D eigenvalue weighted by atomic mass is 32.2. The van der Waals surface area contributed by atoms with E-state index < -0.39 is 22.0 Å². The number of rotatable bonds is 5. The van der Waals surface area contributed by atoms with Gasteiger partial charge in [0, 0.05) is 12.5 Å². The SMILES string of the molecule is C[C@H](COS(=O)(=O)NC(=O)OC(C)(C)C)[C@@H]1CCCO1. The van der Waals surface area contributed by atoms with E-state index in [1.165, 1.54) is 0 Å². The number of ether oxygens (including phenoxy) is 2. The monoisotopic (exact) mass is 309 g/mol. The van der Waals surface area contributed by atoms with Gasteiger partial charge in [0.2, 0.25) is 0 Å². The summed E-state index contributed by atoms with van der Waals surface area (Å²) in [5, 5.41) is 0. The maximum absolute atomic E-state index is 11.6. The Labute approximate surface area is 120 Å². The Hall–Kier alpha value is -0.860. The summed E-state index contributed by atoms with van der Waals surface area (Å²) < 4.78 is 39.9. The summed E-state index contributed by atoms with van der Waals surface area (Å²) in [6.07, 6.45) is 0.816. The predicted molar refractivity (Wildman–Crippen MR) is 72.4 cm³/mol. The molecule has 0 aromatic carbocycles. The second-order valence-electron chi connectivity index (χ2n) is 5.87. The van der Waals surface area contributed by atoms with Crippen LogP contribution in [-0.4, -0.2) is 39.4 Å². The van der Waals surface area contributed by atoms with E-state index in [0.29, 0.717) is 6.61 Å². The standard InChI is InChI=1S/C12H23NO6S/c1-9(10-6-5-7-17-10)8-18-20(15,16)13-11(14)19-12(2,3)4/h9-10H,5-8H2,1-4H3,(H,13,14)/t9-,10+/m1/s1. The van der Waals surface area contributed by atoms with Gasteiger partial charge in [0.15, 0.2) is 0 Å². The number of carbonyl (C=O) groups excluding carboxylic acids is 1. The van der Waals surface area contributed by atoms with Crippen molar-refractivity contribution in [3.63, 3.8) is 0 Å². The first-order valence-corrected chi connectivity index (χ1v) is 8.01. The van der Waals surface area contributed by atoms with E-state index in [1.807, 2.05) is 6.92 Å². The van der Waals surface area contributed by atoms with Crippen LogP contribution < -0.4 is 4.72 Å². The topological polar surface area (TPSA) is 90.9 Å². The molecule has 0 bridgehead atoms. The Bertz CT molecular complexity index is 422. The third kappa shape index (κ3) is 6.53. The lowest BCUT2D eigenvalue weighted by atomic mass is 10.0. The quantitative estimate of drug-likeness (QED) is 0.829. The smallest absolute Gasteiger partial charge is 0.423 e. The van der Waals surface area contributed by atoms with E-state index in [0.717, 1.165) is 12.8 Å². The van der Waals surface area contributed by atoms with Crippen LogP contribution in [0.15, 0.2) is 0 Å². The normalized spacial score (nSPS) is 21.5. The fourth-order valence-corrected chi connectivity index (χ4v) is 2.48. The van der Waals surface area contributed by atoms with Gasteiger partial charge in [0.1, 0.15) is 5.60 Å². The van der Waals surface area contributed by atoms with Crippen LogP contribution in [0.5, 0.6) is 0 Å². The Morgan fingerprint density at radius 2 is 2.10 bits per heavy atom. The van der Waals surface area contributed by atoms with Crippen LogP contribution in [0.2, 0.25) is 0 Å². The van der Waals surface area contributed by atoms with Crippen molar-refractivity contribution in [3.8, 4) is 0 Å². The summed E-state index contributed by atoms with van der Waals surface area (Å²) in [6.45, 7) is 7.42. The van der Waals surface area contributed by atoms with Gasteiger partial charge in [0.25, 0.3) is 0 Å². The third-order valence-electron chi connectivity index (χ3n) is 2.69. The molecular formula is C12H23NO6S. The molecule has 0 aromatic rings. The largest absolute Gasteiger partial charge is 0.443 e. The minimum absolute atomic E-state index is 0.00623. The van der Waals surface area contributed by atoms with Crippen molar-refractivity contribution in [3.05, 3.63) is 0 Å². The summed E-state index contributed by atoms with van der Waals surface area (Å²) in [5.41, 5.74) is -0.773. The molecule has 0 saturated carbocycles. The summed E-state index contributed by atoms with van der Waals surface area (Å²) in [6, 6.07) is 0. The average Bonchev–Trinajstić information content (AvgIpc) is 2.75. The maximum Gasteiger partial charge on any atom is 0.423 e. The van der Waals surface area contributed by atoms with Crippen LogP contribution in [0.3, 0.4) is 0 Å². The minimum atomic E-state index is -4.16. The Balaban J connectivity index is 2.39. The molecule has 0 aromatic heterocycles. The third-order valence-corrected chi connectivity index (χ3v) is 3.56. The van der Waals surface area contributed by atoms with Crippen LogP contribution >= 0.6 is 0 Å². The molecule has 20 heavy (non-hydrogen) atoms. The van der Waals surface area contributed by atoms with Gasteiger partial charge >= 0.3 is 16.4 Å². The van der Waals surface area contributed by atoms with E-state index >= 15 is 0 Å². The molecule has 8 heteroatoms. The van der Waals surface area contributed by atoms with Crippen molar-refractivity contribution in [2.75, 3.05) is 13.2 Å². The molecule has 1 aliphatic heterocycles. The number of carbonyl (C=O) groups is 1. The first kappa shape index (κ1) is 17.2. The molecule has 118 valence electrons. The molecule has 0 radical (unpaired) electrons. The summed E-state index contributed by atoms with van der Waals surface area (Å²) >= 11 is 0. The van der Waals surface area contributed by atoms with Crippen molar-refractivity contribution in [2.24, 2.45) is 5.92 Å². The van der Waals surface area contributed by atoms with Crippen molar-refractivity contribution in [2.45, 2.75) is 52.2 Å². The predicted octanol–water partition coefficient (Wildman–Crippen LogP) is 1.59. The molecule has 1 amide bonds. The van der Waals surface area contributed by atoms with Crippen molar-refractivity contribution in [1.29, 1.82) is 0 Å². The Morgan fingerprint density at radius 1 is 1.45 bits per heavy atom. The Morgan fingerprint density at radius 3 is 2.60 bits per heavy atom. The summed E-state index contributed by atoms with van der Waals surface area (Å²) in [4.78, 5) is 11.4. The van der Waals surface area contributed by atoms with E-state index in [-0.39, 0.29) is 18.6 Å².